The summed E-state index contributed by atoms with van der Waals surface area (Å²) in [5.74, 6) is -0.479. The van der Waals surface area contributed by atoms with Crippen molar-refractivity contribution in [3.63, 3.8) is 0 Å². The van der Waals surface area contributed by atoms with Crippen LogP contribution in [0.2, 0.25) is 0 Å². The standard InChI is InChI=1S/C13H24N2O4/c1-8(11(16)17)14-7-10(9-5-6-9)15-12(18)19-13(2,3)4/h8-10,14H,5-7H2,1-4H3,(H,15,18)(H,16,17). The number of hydrogen-bond donors (Lipinski definition) is 3. The monoisotopic (exact) mass is 272 g/mol. The molecule has 1 aliphatic rings. The molecule has 6 heteroatoms. The Morgan fingerprint density at radius 3 is 2.37 bits per heavy atom. The number of alkyl carbamates (subject to hydrolysis) is 1. The Morgan fingerprint density at radius 1 is 1.37 bits per heavy atom. The van der Waals surface area contributed by atoms with Crippen molar-refractivity contribution < 1.29 is 19.4 Å². The topological polar surface area (TPSA) is 87.7 Å². The average Bonchev–Trinajstić information content (AvgIpc) is 3.04. The van der Waals surface area contributed by atoms with Crippen LogP contribution < -0.4 is 10.6 Å². The third-order valence-electron chi connectivity index (χ3n) is 2.91. The van der Waals surface area contributed by atoms with Crippen LogP contribution in [0.3, 0.4) is 0 Å². The van der Waals surface area contributed by atoms with Gasteiger partial charge in [-0.05, 0) is 46.5 Å². The number of rotatable bonds is 6. The summed E-state index contributed by atoms with van der Waals surface area (Å²) >= 11 is 0. The number of carbonyl (C=O) groups excluding carboxylic acids is 1. The molecule has 1 aliphatic carbocycles. The van der Waals surface area contributed by atoms with Gasteiger partial charge < -0.3 is 20.5 Å². The molecular weight excluding hydrogens is 248 g/mol. The predicted molar refractivity (Wildman–Crippen MR) is 71.0 cm³/mol. The number of carboxylic acids is 1. The fraction of sp³-hybridized carbons (Fsp3) is 0.846. The smallest absolute Gasteiger partial charge is 0.407 e. The second-order valence-electron chi connectivity index (χ2n) is 6.06. The molecule has 0 aromatic rings. The van der Waals surface area contributed by atoms with Gasteiger partial charge in [0.1, 0.15) is 11.6 Å². The third-order valence-corrected chi connectivity index (χ3v) is 2.91. The number of amides is 1. The maximum Gasteiger partial charge on any atom is 0.407 e. The average molecular weight is 272 g/mol. The highest BCUT2D eigenvalue weighted by molar-refractivity contribution is 5.72. The van der Waals surface area contributed by atoms with Crippen LogP contribution in [0.25, 0.3) is 0 Å². The predicted octanol–water partition coefficient (Wildman–Crippen LogP) is 1.35. The van der Waals surface area contributed by atoms with Crippen molar-refractivity contribution in [2.45, 2.75) is 58.2 Å². The van der Waals surface area contributed by atoms with Crippen molar-refractivity contribution in [3.8, 4) is 0 Å². The first kappa shape index (κ1) is 15.8. The minimum absolute atomic E-state index is 0.0725. The summed E-state index contributed by atoms with van der Waals surface area (Å²) in [5, 5.41) is 14.5. The first-order valence-corrected chi connectivity index (χ1v) is 6.65. The number of carboxylic acid groups (broad SMARTS) is 1. The first-order valence-electron chi connectivity index (χ1n) is 6.65. The van der Waals surface area contributed by atoms with E-state index >= 15 is 0 Å². The maximum absolute atomic E-state index is 11.7. The zero-order valence-electron chi connectivity index (χ0n) is 12.0. The lowest BCUT2D eigenvalue weighted by Gasteiger charge is -2.24. The fourth-order valence-corrected chi connectivity index (χ4v) is 1.68. The fourth-order valence-electron chi connectivity index (χ4n) is 1.68. The van der Waals surface area contributed by atoms with E-state index in [1.165, 1.54) is 0 Å². The van der Waals surface area contributed by atoms with Gasteiger partial charge in [-0.15, -0.1) is 0 Å². The Labute approximate surface area is 113 Å². The minimum Gasteiger partial charge on any atom is -0.480 e. The summed E-state index contributed by atoms with van der Waals surface area (Å²) < 4.78 is 5.21. The van der Waals surface area contributed by atoms with Crippen LogP contribution in [-0.4, -0.2) is 41.4 Å². The summed E-state index contributed by atoms with van der Waals surface area (Å²) in [6, 6.07) is -0.696. The van der Waals surface area contributed by atoms with Gasteiger partial charge in [0, 0.05) is 12.6 Å². The van der Waals surface area contributed by atoms with Gasteiger partial charge >= 0.3 is 12.1 Å². The van der Waals surface area contributed by atoms with Crippen LogP contribution in [0.4, 0.5) is 4.79 Å². The molecule has 110 valence electrons. The van der Waals surface area contributed by atoms with Gasteiger partial charge in [0.15, 0.2) is 0 Å². The summed E-state index contributed by atoms with van der Waals surface area (Å²) in [5.41, 5.74) is -0.528. The molecule has 2 atom stereocenters. The molecule has 6 nitrogen and oxygen atoms in total. The molecule has 1 fully saturated rings. The summed E-state index contributed by atoms with van der Waals surface area (Å²) in [6.07, 6.45) is 1.67. The molecule has 1 rings (SSSR count). The van der Waals surface area contributed by atoms with Crippen molar-refractivity contribution >= 4 is 12.1 Å². The van der Waals surface area contributed by atoms with Gasteiger partial charge in [0.05, 0.1) is 0 Å². The normalized spacial score (nSPS) is 18.5. The number of carbonyl (C=O) groups is 2. The van der Waals surface area contributed by atoms with E-state index in [2.05, 4.69) is 10.6 Å². The van der Waals surface area contributed by atoms with Crippen LogP contribution >= 0.6 is 0 Å². The molecule has 0 aromatic heterocycles. The molecule has 0 aromatic carbocycles. The van der Waals surface area contributed by atoms with E-state index in [4.69, 9.17) is 9.84 Å². The van der Waals surface area contributed by atoms with Crippen molar-refractivity contribution in [2.24, 2.45) is 5.92 Å². The van der Waals surface area contributed by atoms with Crippen molar-refractivity contribution in [3.05, 3.63) is 0 Å². The number of aliphatic carboxylic acids is 1. The lowest BCUT2D eigenvalue weighted by atomic mass is 10.1. The third kappa shape index (κ3) is 6.42. The van der Waals surface area contributed by atoms with Crippen LogP contribution in [0.15, 0.2) is 0 Å². The maximum atomic E-state index is 11.7. The van der Waals surface area contributed by atoms with Gasteiger partial charge in [-0.3, -0.25) is 4.79 Å². The molecule has 1 saturated carbocycles. The van der Waals surface area contributed by atoms with Crippen molar-refractivity contribution in [1.29, 1.82) is 0 Å². The van der Waals surface area contributed by atoms with Gasteiger partial charge in [0.25, 0.3) is 0 Å². The highest BCUT2D eigenvalue weighted by Crippen LogP contribution is 2.32. The van der Waals surface area contributed by atoms with Crippen molar-refractivity contribution in [1.82, 2.24) is 10.6 Å². The van der Waals surface area contributed by atoms with E-state index in [9.17, 15) is 9.59 Å². The Bertz CT molecular complexity index is 334. The van der Waals surface area contributed by atoms with E-state index in [1.807, 2.05) is 20.8 Å². The molecule has 0 saturated heterocycles. The van der Waals surface area contributed by atoms with Gasteiger partial charge in [-0.25, -0.2) is 4.79 Å². The van der Waals surface area contributed by atoms with E-state index in [0.717, 1.165) is 12.8 Å². The molecule has 0 spiro atoms. The number of nitrogens with one attached hydrogen (secondary N) is 2. The van der Waals surface area contributed by atoms with Gasteiger partial charge in [-0.1, -0.05) is 0 Å². The zero-order chi connectivity index (χ0) is 14.6. The van der Waals surface area contributed by atoms with Crippen molar-refractivity contribution in [2.75, 3.05) is 6.54 Å². The lowest BCUT2D eigenvalue weighted by Crippen LogP contribution is -2.48. The van der Waals surface area contributed by atoms with Crippen LogP contribution in [-0.2, 0) is 9.53 Å². The van der Waals surface area contributed by atoms with E-state index in [-0.39, 0.29) is 6.04 Å². The Kier molecular flexibility index (Phi) is 5.17. The molecule has 3 N–H and O–H groups in total. The second-order valence-corrected chi connectivity index (χ2v) is 6.06. The van der Waals surface area contributed by atoms with Crippen LogP contribution in [0.1, 0.15) is 40.5 Å². The second kappa shape index (κ2) is 6.23. The largest absolute Gasteiger partial charge is 0.480 e. The Balaban J connectivity index is 2.41. The summed E-state index contributed by atoms with van der Waals surface area (Å²) in [6.45, 7) is 7.45. The summed E-state index contributed by atoms with van der Waals surface area (Å²) in [4.78, 5) is 22.4. The van der Waals surface area contributed by atoms with Gasteiger partial charge in [0.2, 0.25) is 0 Å². The summed E-state index contributed by atoms with van der Waals surface area (Å²) in [7, 11) is 0. The lowest BCUT2D eigenvalue weighted by molar-refractivity contribution is -0.139. The molecule has 2 unspecified atom stereocenters. The molecular formula is C13H24N2O4. The van der Waals surface area contributed by atoms with E-state index in [0.29, 0.717) is 12.5 Å². The molecule has 1 amide bonds. The van der Waals surface area contributed by atoms with Crippen LogP contribution in [0, 0.1) is 5.92 Å². The Hall–Kier alpha value is -1.30. The number of hydrogen-bond acceptors (Lipinski definition) is 4. The first-order chi connectivity index (χ1) is 8.69. The molecule has 0 bridgehead atoms. The highest BCUT2D eigenvalue weighted by atomic mass is 16.6. The Morgan fingerprint density at radius 2 is 1.95 bits per heavy atom. The molecule has 0 radical (unpaired) electrons. The number of ether oxygens (including phenoxy) is 1. The van der Waals surface area contributed by atoms with E-state index in [1.54, 1.807) is 6.92 Å². The molecule has 0 heterocycles. The SMILES string of the molecule is CC(NCC(NC(=O)OC(C)(C)C)C1CC1)C(=O)O. The molecule has 0 aliphatic heterocycles. The van der Waals surface area contributed by atoms with Crippen LogP contribution in [0.5, 0.6) is 0 Å². The quantitative estimate of drug-likeness (QED) is 0.679. The highest BCUT2D eigenvalue weighted by Gasteiger charge is 2.33. The minimum atomic E-state index is -0.896. The molecule has 19 heavy (non-hydrogen) atoms. The van der Waals surface area contributed by atoms with E-state index < -0.39 is 23.7 Å². The zero-order valence-corrected chi connectivity index (χ0v) is 12.0. The van der Waals surface area contributed by atoms with Gasteiger partial charge in [-0.2, -0.15) is 0 Å².